The van der Waals surface area contributed by atoms with E-state index < -0.39 is 0 Å². The summed E-state index contributed by atoms with van der Waals surface area (Å²) >= 11 is 3.34. The van der Waals surface area contributed by atoms with E-state index in [4.69, 9.17) is 9.84 Å². The SMILES string of the molecule is CNC(=O)CCOc1ccc(CO)cc1Br. The number of hydrogen-bond donors (Lipinski definition) is 2. The molecule has 0 atom stereocenters. The third-order valence-electron chi connectivity index (χ3n) is 2.04. The van der Waals surface area contributed by atoms with Crippen LogP contribution < -0.4 is 10.1 Å². The van der Waals surface area contributed by atoms with Gasteiger partial charge in [-0.1, -0.05) is 6.07 Å². The zero-order chi connectivity index (χ0) is 12.0. The van der Waals surface area contributed by atoms with Crippen molar-refractivity contribution in [1.82, 2.24) is 5.32 Å². The highest BCUT2D eigenvalue weighted by atomic mass is 79.9. The topological polar surface area (TPSA) is 58.6 Å². The maximum atomic E-state index is 11.0. The van der Waals surface area contributed by atoms with Crippen LogP contribution in [-0.4, -0.2) is 24.7 Å². The second kappa shape index (κ2) is 6.50. The van der Waals surface area contributed by atoms with Gasteiger partial charge in [0.05, 0.1) is 24.1 Å². The Morgan fingerprint density at radius 1 is 1.56 bits per heavy atom. The number of ether oxygens (including phenoxy) is 1. The molecule has 1 amide bonds. The van der Waals surface area contributed by atoms with Crippen molar-refractivity contribution in [1.29, 1.82) is 0 Å². The van der Waals surface area contributed by atoms with Crippen molar-refractivity contribution in [3.63, 3.8) is 0 Å². The van der Waals surface area contributed by atoms with Gasteiger partial charge in [0.25, 0.3) is 0 Å². The van der Waals surface area contributed by atoms with Crippen molar-refractivity contribution >= 4 is 21.8 Å². The van der Waals surface area contributed by atoms with Crippen LogP contribution in [0.1, 0.15) is 12.0 Å². The van der Waals surface area contributed by atoms with Gasteiger partial charge < -0.3 is 15.2 Å². The average Bonchev–Trinajstić information content (AvgIpc) is 2.30. The van der Waals surface area contributed by atoms with Crippen molar-refractivity contribution in [2.45, 2.75) is 13.0 Å². The summed E-state index contributed by atoms with van der Waals surface area (Å²) in [7, 11) is 1.59. The van der Waals surface area contributed by atoms with Crippen LogP contribution in [0.2, 0.25) is 0 Å². The van der Waals surface area contributed by atoms with Crippen LogP contribution in [0.3, 0.4) is 0 Å². The van der Waals surface area contributed by atoms with Gasteiger partial charge >= 0.3 is 0 Å². The molecule has 0 aromatic heterocycles. The molecule has 0 aliphatic heterocycles. The number of amides is 1. The number of benzene rings is 1. The predicted molar refractivity (Wildman–Crippen MR) is 64.2 cm³/mol. The highest BCUT2D eigenvalue weighted by Gasteiger charge is 2.03. The molecule has 0 saturated heterocycles. The Morgan fingerprint density at radius 2 is 2.31 bits per heavy atom. The molecule has 1 rings (SSSR count). The number of aliphatic hydroxyl groups excluding tert-OH is 1. The number of rotatable bonds is 5. The minimum absolute atomic E-state index is 0.00286. The molecular weight excluding hydrogens is 274 g/mol. The van der Waals surface area contributed by atoms with E-state index in [1.165, 1.54) is 0 Å². The zero-order valence-corrected chi connectivity index (χ0v) is 10.6. The molecule has 88 valence electrons. The van der Waals surface area contributed by atoms with E-state index in [0.29, 0.717) is 18.8 Å². The quantitative estimate of drug-likeness (QED) is 0.862. The molecule has 0 fully saturated rings. The summed E-state index contributed by atoms with van der Waals surface area (Å²) in [5.41, 5.74) is 0.811. The molecule has 0 bridgehead atoms. The van der Waals surface area contributed by atoms with Gasteiger partial charge in [-0.2, -0.15) is 0 Å². The number of hydrogen-bond acceptors (Lipinski definition) is 3. The molecule has 0 aliphatic rings. The number of carbonyl (C=O) groups excluding carboxylic acids is 1. The fourth-order valence-corrected chi connectivity index (χ4v) is 1.68. The van der Waals surface area contributed by atoms with Crippen molar-refractivity contribution in [2.75, 3.05) is 13.7 Å². The maximum absolute atomic E-state index is 11.0. The number of nitrogens with one attached hydrogen (secondary N) is 1. The van der Waals surface area contributed by atoms with E-state index >= 15 is 0 Å². The van der Waals surface area contributed by atoms with Gasteiger partial charge in [0, 0.05) is 7.05 Å². The Labute approximate surface area is 103 Å². The fourth-order valence-electron chi connectivity index (χ4n) is 1.14. The van der Waals surface area contributed by atoms with Crippen molar-refractivity contribution in [3.8, 4) is 5.75 Å². The molecule has 16 heavy (non-hydrogen) atoms. The largest absolute Gasteiger partial charge is 0.492 e. The van der Waals surface area contributed by atoms with Crippen LogP contribution >= 0.6 is 15.9 Å². The maximum Gasteiger partial charge on any atom is 0.223 e. The molecule has 4 nitrogen and oxygen atoms in total. The molecule has 0 spiro atoms. The van der Waals surface area contributed by atoms with E-state index in [1.807, 2.05) is 0 Å². The predicted octanol–water partition coefficient (Wildman–Crippen LogP) is 1.46. The van der Waals surface area contributed by atoms with Crippen LogP contribution in [0, 0.1) is 0 Å². The first-order valence-electron chi connectivity index (χ1n) is 4.90. The summed E-state index contributed by atoms with van der Waals surface area (Å²) < 4.78 is 6.19. The lowest BCUT2D eigenvalue weighted by atomic mass is 10.2. The van der Waals surface area contributed by atoms with Gasteiger partial charge in [-0.25, -0.2) is 0 Å². The second-order valence-corrected chi connectivity index (χ2v) is 4.05. The number of aliphatic hydroxyl groups is 1. The van der Waals surface area contributed by atoms with Crippen LogP contribution in [0.4, 0.5) is 0 Å². The zero-order valence-electron chi connectivity index (χ0n) is 9.00. The summed E-state index contributed by atoms with van der Waals surface area (Å²) in [5, 5.41) is 11.4. The summed E-state index contributed by atoms with van der Waals surface area (Å²) in [5.74, 6) is 0.615. The molecule has 0 radical (unpaired) electrons. The van der Waals surface area contributed by atoms with Gasteiger partial charge in [-0.15, -0.1) is 0 Å². The van der Waals surface area contributed by atoms with Crippen LogP contribution in [0.25, 0.3) is 0 Å². The van der Waals surface area contributed by atoms with Crippen LogP contribution in [0.5, 0.6) is 5.75 Å². The van der Waals surface area contributed by atoms with Gasteiger partial charge in [0.15, 0.2) is 0 Å². The summed E-state index contributed by atoms with van der Waals surface area (Å²) in [4.78, 5) is 11.0. The molecular formula is C11H14BrNO3. The summed E-state index contributed by atoms with van der Waals surface area (Å²) in [6.07, 6.45) is 0.324. The third-order valence-corrected chi connectivity index (χ3v) is 2.66. The monoisotopic (exact) mass is 287 g/mol. The lowest BCUT2D eigenvalue weighted by Crippen LogP contribution is -2.20. The minimum Gasteiger partial charge on any atom is -0.492 e. The first-order chi connectivity index (χ1) is 7.67. The Bertz CT molecular complexity index is 368. The Hall–Kier alpha value is -1.07. The Morgan fingerprint density at radius 3 is 2.88 bits per heavy atom. The van der Waals surface area contributed by atoms with Gasteiger partial charge in [0.1, 0.15) is 5.75 Å². The molecule has 1 aromatic carbocycles. The van der Waals surface area contributed by atoms with E-state index in [0.717, 1.165) is 10.0 Å². The molecule has 0 heterocycles. The highest BCUT2D eigenvalue weighted by molar-refractivity contribution is 9.10. The van der Waals surface area contributed by atoms with Crippen LogP contribution in [0.15, 0.2) is 22.7 Å². The summed E-state index contributed by atoms with van der Waals surface area (Å²) in [6, 6.07) is 5.33. The fraction of sp³-hybridized carbons (Fsp3) is 0.364. The Balaban J connectivity index is 2.51. The third kappa shape index (κ3) is 3.83. The van der Waals surface area contributed by atoms with E-state index in [-0.39, 0.29) is 12.5 Å². The van der Waals surface area contributed by atoms with Gasteiger partial charge in [-0.3, -0.25) is 4.79 Å². The highest BCUT2D eigenvalue weighted by Crippen LogP contribution is 2.26. The molecule has 0 unspecified atom stereocenters. The van der Waals surface area contributed by atoms with Gasteiger partial charge in [-0.05, 0) is 33.6 Å². The number of halogens is 1. The standard InChI is InChI=1S/C11H14BrNO3/c1-13-11(15)4-5-16-10-3-2-8(7-14)6-9(10)12/h2-3,6,14H,4-5,7H2,1H3,(H,13,15). The number of carbonyl (C=O) groups is 1. The smallest absolute Gasteiger partial charge is 0.223 e. The minimum atomic E-state index is -0.0527. The van der Waals surface area contributed by atoms with E-state index in [9.17, 15) is 4.79 Å². The van der Waals surface area contributed by atoms with E-state index in [1.54, 1.807) is 25.2 Å². The lowest BCUT2D eigenvalue weighted by Gasteiger charge is -2.08. The first-order valence-corrected chi connectivity index (χ1v) is 5.69. The van der Waals surface area contributed by atoms with Crippen LogP contribution in [-0.2, 0) is 11.4 Å². The molecule has 0 aliphatic carbocycles. The average molecular weight is 288 g/mol. The Kier molecular flexibility index (Phi) is 5.28. The molecule has 2 N–H and O–H groups in total. The van der Waals surface area contributed by atoms with Crippen molar-refractivity contribution < 1.29 is 14.6 Å². The normalized spacial score (nSPS) is 9.94. The summed E-state index contributed by atoms with van der Waals surface area (Å²) in [6.45, 7) is 0.327. The van der Waals surface area contributed by atoms with E-state index in [2.05, 4.69) is 21.2 Å². The van der Waals surface area contributed by atoms with Gasteiger partial charge in [0.2, 0.25) is 5.91 Å². The molecule has 1 aromatic rings. The second-order valence-electron chi connectivity index (χ2n) is 3.19. The first kappa shape index (κ1) is 13.0. The lowest BCUT2D eigenvalue weighted by molar-refractivity contribution is -0.121. The molecule has 0 saturated carbocycles. The van der Waals surface area contributed by atoms with Crippen molar-refractivity contribution in [2.24, 2.45) is 0 Å². The molecule has 5 heteroatoms. The van der Waals surface area contributed by atoms with Crippen molar-refractivity contribution in [3.05, 3.63) is 28.2 Å².